The second kappa shape index (κ2) is 4.86. The predicted octanol–water partition coefficient (Wildman–Crippen LogP) is 2.51. The molecule has 0 atom stereocenters. The van der Waals surface area contributed by atoms with Gasteiger partial charge in [0.05, 0.1) is 18.7 Å². The normalized spacial score (nSPS) is 16.7. The fourth-order valence-corrected chi connectivity index (χ4v) is 2.72. The van der Waals surface area contributed by atoms with Gasteiger partial charge in [0.1, 0.15) is 17.0 Å². The number of benzene rings is 1. The molecule has 0 spiro atoms. The van der Waals surface area contributed by atoms with E-state index >= 15 is 0 Å². The van der Waals surface area contributed by atoms with Gasteiger partial charge in [-0.3, -0.25) is 4.79 Å². The Balaban J connectivity index is 1.96. The highest BCUT2D eigenvalue weighted by Crippen LogP contribution is 2.30. The van der Waals surface area contributed by atoms with E-state index < -0.39 is 5.60 Å². The second-order valence-corrected chi connectivity index (χ2v) is 6.07. The van der Waals surface area contributed by atoms with Gasteiger partial charge >= 0.3 is 0 Å². The van der Waals surface area contributed by atoms with Gasteiger partial charge in [0.15, 0.2) is 0 Å². The van der Waals surface area contributed by atoms with Crippen LogP contribution in [0.1, 0.15) is 23.0 Å². The molecule has 1 fully saturated rings. The number of β-amino-alcohol motifs (C(OH)–C–C–N with tert-alkyl or cyclic N) is 1. The number of hydrogen-bond acceptors (Lipinski definition) is 4. The van der Waals surface area contributed by atoms with Gasteiger partial charge < -0.3 is 14.5 Å². The molecule has 0 radical (unpaired) electrons. The number of aromatic nitrogens is 1. The summed E-state index contributed by atoms with van der Waals surface area (Å²) in [7, 11) is 0. The molecule has 21 heavy (non-hydrogen) atoms. The zero-order valence-electron chi connectivity index (χ0n) is 11.8. The van der Waals surface area contributed by atoms with E-state index in [0.29, 0.717) is 35.1 Å². The van der Waals surface area contributed by atoms with Gasteiger partial charge in [-0.05, 0) is 26.0 Å². The third kappa shape index (κ3) is 2.54. The van der Waals surface area contributed by atoms with Crippen LogP contribution in [-0.2, 0) is 0 Å². The first-order valence-corrected chi connectivity index (χ1v) is 6.99. The fourth-order valence-electron chi connectivity index (χ4n) is 2.53. The standard InChI is InChI=1S/C15H15ClN2O3/c1-9-12(14(19)18-7-15(2,20)8-18)13(17-21-9)10-4-3-5-11(16)6-10/h3-6,20H,7-8H2,1-2H3. The van der Waals surface area contributed by atoms with Crippen molar-refractivity contribution >= 4 is 17.5 Å². The largest absolute Gasteiger partial charge is 0.386 e. The molecule has 1 aliphatic heterocycles. The lowest BCUT2D eigenvalue weighted by Gasteiger charge is -2.44. The van der Waals surface area contributed by atoms with Crippen LogP contribution in [0.15, 0.2) is 28.8 Å². The van der Waals surface area contributed by atoms with Crippen LogP contribution in [-0.4, -0.2) is 39.8 Å². The molecule has 0 aliphatic carbocycles. The number of likely N-dealkylation sites (tertiary alicyclic amines) is 1. The summed E-state index contributed by atoms with van der Waals surface area (Å²) in [5.41, 5.74) is 0.825. The van der Waals surface area contributed by atoms with Crippen LogP contribution >= 0.6 is 11.6 Å². The monoisotopic (exact) mass is 306 g/mol. The Morgan fingerprint density at radius 2 is 2.19 bits per heavy atom. The molecule has 6 heteroatoms. The van der Waals surface area contributed by atoms with Crippen molar-refractivity contribution in [2.45, 2.75) is 19.4 Å². The number of hydrogen-bond donors (Lipinski definition) is 1. The summed E-state index contributed by atoms with van der Waals surface area (Å²) >= 11 is 5.99. The molecule has 1 aromatic carbocycles. The summed E-state index contributed by atoms with van der Waals surface area (Å²) in [6, 6.07) is 7.12. The Bertz CT molecular complexity index is 701. The molecule has 110 valence electrons. The quantitative estimate of drug-likeness (QED) is 0.926. The first-order valence-electron chi connectivity index (χ1n) is 6.61. The molecule has 1 aliphatic rings. The number of aryl methyl sites for hydroxylation is 1. The van der Waals surface area contributed by atoms with Gasteiger partial charge in [0.25, 0.3) is 5.91 Å². The van der Waals surface area contributed by atoms with E-state index in [-0.39, 0.29) is 5.91 Å². The predicted molar refractivity (Wildman–Crippen MR) is 78.2 cm³/mol. The zero-order chi connectivity index (χ0) is 15.2. The average Bonchev–Trinajstić information content (AvgIpc) is 2.77. The third-order valence-electron chi connectivity index (χ3n) is 3.52. The molecule has 3 rings (SSSR count). The summed E-state index contributed by atoms with van der Waals surface area (Å²) < 4.78 is 5.18. The van der Waals surface area contributed by atoms with Crippen LogP contribution < -0.4 is 0 Å². The van der Waals surface area contributed by atoms with Crippen LogP contribution in [0.5, 0.6) is 0 Å². The molecule has 2 aromatic rings. The number of aliphatic hydroxyl groups is 1. The first kappa shape index (κ1) is 14.1. The highest BCUT2D eigenvalue weighted by atomic mass is 35.5. The lowest BCUT2D eigenvalue weighted by molar-refractivity contribution is -0.0669. The lowest BCUT2D eigenvalue weighted by Crippen LogP contribution is -2.61. The Labute approximate surface area is 127 Å². The Kier molecular flexibility index (Phi) is 3.26. The minimum absolute atomic E-state index is 0.185. The summed E-state index contributed by atoms with van der Waals surface area (Å²) in [5.74, 6) is 0.275. The van der Waals surface area contributed by atoms with Gasteiger partial charge in [-0.1, -0.05) is 28.9 Å². The van der Waals surface area contributed by atoms with E-state index in [1.165, 1.54) is 0 Å². The van der Waals surface area contributed by atoms with Crippen molar-refractivity contribution in [3.05, 3.63) is 40.6 Å². The van der Waals surface area contributed by atoms with Crippen molar-refractivity contribution in [2.75, 3.05) is 13.1 Å². The van der Waals surface area contributed by atoms with Crippen molar-refractivity contribution in [1.29, 1.82) is 0 Å². The fraction of sp³-hybridized carbons (Fsp3) is 0.333. The number of rotatable bonds is 2. The molecule has 1 aromatic heterocycles. The number of amides is 1. The van der Waals surface area contributed by atoms with E-state index in [2.05, 4.69) is 5.16 Å². The Morgan fingerprint density at radius 1 is 1.48 bits per heavy atom. The Morgan fingerprint density at radius 3 is 2.81 bits per heavy atom. The maximum Gasteiger partial charge on any atom is 0.259 e. The molecular formula is C15H15ClN2O3. The molecule has 1 amide bonds. The van der Waals surface area contributed by atoms with Crippen LogP contribution in [0.3, 0.4) is 0 Å². The van der Waals surface area contributed by atoms with E-state index in [4.69, 9.17) is 16.1 Å². The molecule has 0 unspecified atom stereocenters. The number of carbonyl (C=O) groups is 1. The van der Waals surface area contributed by atoms with Crippen molar-refractivity contribution in [1.82, 2.24) is 10.1 Å². The van der Waals surface area contributed by atoms with E-state index in [9.17, 15) is 9.90 Å². The van der Waals surface area contributed by atoms with Crippen LogP contribution in [0, 0.1) is 6.92 Å². The van der Waals surface area contributed by atoms with Crippen molar-refractivity contribution < 1.29 is 14.4 Å². The van der Waals surface area contributed by atoms with Crippen molar-refractivity contribution in [3.63, 3.8) is 0 Å². The highest BCUT2D eigenvalue weighted by molar-refractivity contribution is 6.30. The van der Waals surface area contributed by atoms with Crippen LogP contribution in [0.25, 0.3) is 11.3 Å². The van der Waals surface area contributed by atoms with Crippen LogP contribution in [0.4, 0.5) is 0 Å². The van der Waals surface area contributed by atoms with Gasteiger partial charge in [0.2, 0.25) is 0 Å². The number of halogens is 1. The maximum absolute atomic E-state index is 12.6. The van der Waals surface area contributed by atoms with E-state index in [1.807, 2.05) is 6.07 Å². The van der Waals surface area contributed by atoms with Crippen LogP contribution in [0.2, 0.25) is 5.02 Å². The van der Waals surface area contributed by atoms with E-state index in [1.54, 1.807) is 36.9 Å². The third-order valence-corrected chi connectivity index (χ3v) is 3.76. The second-order valence-electron chi connectivity index (χ2n) is 5.63. The van der Waals surface area contributed by atoms with Crippen molar-refractivity contribution in [2.24, 2.45) is 0 Å². The number of nitrogens with zero attached hydrogens (tertiary/aromatic N) is 2. The van der Waals surface area contributed by atoms with Gasteiger partial charge in [0, 0.05) is 10.6 Å². The average molecular weight is 307 g/mol. The van der Waals surface area contributed by atoms with Gasteiger partial charge in [-0.15, -0.1) is 0 Å². The topological polar surface area (TPSA) is 66.6 Å². The highest BCUT2D eigenvalue weighted by Gasteiger charge is 2.41. The lowest BCUT2D eigenvalue weighted by atomic mass is 9.95. The SMILES string of the molecule is Cc1onc(-c2cccc(Cl)c2)c1C(=O)N1CC(C)(O)C1. The zero-order valence-corrected chi connectivity index (χ0v) is 12.5. The summed E-state index contributed by atoms with van der Waals surface area (Å²) in [4.78, 5) is 14.1. The first-order chi connectivity index (χ1) is 9.87. The molecular weight excluding hydrogens is 292 g/mol. The minimum Gasteiger partial charge on any atom is -0.386 e. The molecule has 5 nitrogen and oxygen atoms in total. The van der Waals surface area contributed by atoms with Gasteiger partial charge in [-0.25, -0.2) is 0 Å². The summed E-state index contributed by atoms with van der Waals surface area (Å²) in [6.45, 7) is 4.03. The molecule has 1 saturated heterocycles. The van der Waals surface area contributed by atoms with E-state index in [0.717, 1.165) is 5.56 Å². The van der Waals surface area contributed by atoms with Gasteiger partial charge in [-0.2, -0.15) is 0 Å². The Hall–Kier alpha value is -1.85. The molecule has 2 heterocycles. The molecule has 0 saturated carbocycles. The smallest absolute Gasteiger partial charge is 0.259 e. The summed E-state index contributed by atoms with van der Waals surface area (Å²) in [5, 5.41) is 14.3. The number of carbonyl (C=O) groups excluding carboxylic acids is 1. The minimum atomic E-state index is -0.809. The van der Waals surface area contributed by atoms with Crippen molar-refractivity contribution in [3.8, 4) is 11.3 Å². The molecule has 0 bridgehead atoms. The molecule has 1 N–H and O–H groups in total. The summed E-state index contributed by atoms with van der Waals surface area (Å²) in [6.07, 6.45) is 0. The maximum atomic E-state index is 12.6.